The van der Waals surface area contributed by atoms with Crippen molar-refractivity contribution in [2.24, 2.45) is 0 Å². The van der Waals surface area contributed by atoms with Gasteiger partial charge in [-0.1, -0.05) is 12.8 Å². The van der Waals surface area contributed by atoms with Gasteiger partial charge in [-0.25, -0.2) is 4.98 Å². The Morgan fingerprint density at radius 1 is 1.33 bits per heavy atom. The van der Waals surface area contributed by atoms with Crippen molar-refractivity contribution < 1.29 is 4.79 Å². The van der Waals surface area contributed by atoms with Crippen molar-refractivity contribution >= 4 is 22.5 Å². The Morgan fingerprint density at radius 2 is 2.11 bits per heavy atom. The minimum atomic E-state index is -0.442. The molecule has 2 heterocycles. The van der Waals surface area contributed by atoms with E-state index in [4.69, 9.17) is 0 Å². The molecule has 3 aromatic rings. The van der Waals surface area contributed by atoms with Gasteiger partial charge in [0.05, 0.1) is 11.1 Å². The number of aryl methyl sites for hydroxylation is 1. The van der Waals surface area contributed by atoms with Gasteiger partial charge >= 0.3 is 0 Å². The normalized spacial score (nSPS) is 14.4. The zero-order valence-electron chi connectivity index (χ0n) is 15.0. The van der Waals surface area contributed by atoms with Gasteiger partial charge in [0, 0.05) is 29.4 Å². The molecule has 1 aliphatic rings. The summed E-state index contributed by atoms with van der Waals surface area (Å²) >= 11 is 0. The summed E-state index contributed by atoms with van der Waals surface area (Å²) < 4.78 is 2.16. The Morgan fingerprint density at radius 3 is 2.81 bits per heavy atom. The fourth-order valence-corrected chi connectivity index (χ4v) is 3.79. The third-order valence-electron chi connectivity index (χ3n) is 5.02. The first-order valence-corrected chi connectivity index (χ1v) is 8.99. The Bertz CT molecular complexity index is 1130. The number of benzene rings is 1. The molecule has 7 heteroatoms. The molecule has 0 aliphatic heterocycles. The van der Waals surface area contributed by atoms with Crippen molar-refractivity contribution in [3.63, 3.8) is 0 Å². The van der Waals surface area contributed by atoms with Crippen LogP contribution < -0.4 is 10.9 Å². The first-order chi connectivity index (χ1) is 13.0. The molecule has 0 bridgehead atoms. The minimum Gasteiger partial charge on any atom is -0.343 e. The van der Waals surface area contributed by atoms with Crippen molar-refractivity contribution in [3.05, 3.63) is 57.9 Å². The number of nitriles is 1. The van der Waals surface area contributed by atoms with E-state index in [2.05, 4.69) is 25.9 Å². The van der Waals surface area contributed by atoms with Crippen LogP contribution in [0.3, 0.4) is 0 Å². The zero-order chi connectivity index (χ0) is 19.0. The van der Waals surface area contributed by atoms with Crippen molar-refractivity contribution in [1.82, 2.24) is 14.5 Å². The number of H-pyrrole nitrogens is 1. The number of fused-ring (bicyclic) bond motifs is 1. The summed E-state index contributed by atoms with van der Waals surface area (Å²) in [5, 5.41) is 13.1. The number of hydrogen-bond acceptors (Lipinski definition) is 4. The van der Waals surface area contributed by atoms with E-state index in [1.54, 1.807) is 13.0 Å². The standard InChI is InChI=1S/C20H19N5O2/c1-12-22-17(9-19(26)23-12)20(27)24-14-6-7-16-13(10-21)11-25(18(16)8-14)15-4-2-3-5-15/h6-9,11,15H,2-5H2,1H3,(H,24,27)(H,22,23,26). The summed E-state index contributed by atoms with van der Waals surface area (Å²) in [5.74, 6) is -0.0556. The molecule has 0 unspecified atom stereocenters. The number of anilines is 1. The Balaban J connectivity index is 1.70. The lowest BCUT2D eigenvalue weighted by Gasteiger charge is -2.14. The fraction of sp³-hybridized carbons (Fsp3) is 0.300. The number of carbonyl (C=O) groups is 1. The van der Waals surface area contributed by atoms with Gasteiger partial charge in [0.15, 0.2) is 0 Å². The molecule has 136 valence electrons. The van der Waals surface area contributed by atoms with Gasteiger partial charge in [0.2, 0.25) is 0 Å². The van der Waals surface area contributed by atoms with Gasteiger partial charge < -0.3 is 14.9 Å². The molecule has 1 aromatic carbocycles. The van der Waals surface area contributed by atoms with Crippen LogP contribution in [0.1, 0.15) is 53.6 Å². The third kappa shape index (κ3) is 3.22. The predicted octanol–water partition coefficient (Wildman–Crippen LogP) is 3.27. The zero-order valence-corrected chi connectivity index (χ0v) is 15.0. The van der Waals surface area contributed by atoms with Crippen LogP contribution in [0.15, 0.2) is 35.3 Å². The average Bonchev–Trinajstić information content (AvgIpc) is 3.28. The largest absolute Gasteiger partial charge is 0.343 e. The molecule has 0 atom stereocenters. The average molecular weight is 361 g/mol. The van der Waals surface area contributed by atoms with Crippen LogP contribution in [0.2, 0.25) is 0 Å². The molecule has 4 rings (SSSR count). The number of aromatic nitrogens is 3. The van der Waals surface area contributed by atoms with E-state index in [1.165, 1.54) is 18.9 Å². The van der Waals surface area contributed by atoms with Gasteiger partial charge in [-0.05, 0) is 38.0 Å². The van der Waals surface area contributed by atoms with E-state index in [1.807, 2.05) is 18.3 Å². The fourth-order valence-electron chi connectivity index (χ4n) is 3.79. The first-order valence-electron chi connectivity index (χ1n) is 8.99. The highest BCUT2D eigenvalue weighted by Crippen LogP contribution is 2.35. The molecule has 0 radical (unpaired) electrons. The second kappa shape index (κ2) is 6.72. The lowest BCUT2D eigenvalue weighted by Crippen LogP contribution is -2.19. The number of rotatable bonds is 3. The highest BCUT2D eigenvalue weighted by Gasteiger charge is 2.20. The molecule has 1 aliphatic carbocycles. The number of aromatic amines is 1. The van der Waals surface area contributed by atoms with Gasteiger partial charge in [-0.15, -0.1) is 0 Å². The van der Waals surface area contributed by atoms with Crippen LogP contribution >= 0.6 is 0 Å². The van der Waals surface area contributed by atoms with Crippen LogP contribution in [0.5, 0.6) is 0 Å². The Labute approximate surface area is 155 Å². The molecule has 2 N–H and O–H groups in total. The minimum absolute atomic E-state index is 0.0697. The van der Waals surface area contributed by atoms with Gasteiger partial charge in [-0.2, -0.15) is 5.26 Å². The number of nitrogens with one attached hydrogen (secondary N) is 2. The van der Waals surface area contributed by atoms with Crippen molar-refractivity contribution in [3.8, 4) is 6.07 Å². The summed E-state index contributed by atoms with van der Waals surface area (Å²) in [7, 11) is 0. The van der Waals surface area contributed by atoms with Gasteiger partial charge in [0.25, 0.3) is 11.5 Å². The number of amides is 1. The van der Waals surface area contributed by atoms with Crippen LogP contribution in [0.25, 0.3) is 10.9 Å². The molecule has 0 spiro atoms. The molecule has 7 nitrogen and oxygen atoms in total. The van der Waals surface area contributed by atoms with Gasteiger partial charge in [-0.3, -0.25) is 9.59 Å². The Kier molecular flexibility index (Phi) is 4.24. The SMILES string of the molecule is Cc1nc(C(=O)Nc2ccc3c(C#N)cn(C4CCCC4)c3c2)cc(=O)[nH]1. The highest BCUT2D eigenvalue weighted by molar-refractivity contribution is 6.04. The quantitative estimate of drug-likeness (QED) is 0.747. The smallest absolute Gasteiger partial charge is 0.274 e. The van der Waals surface area contributed by atoms with Crippen LogP contribution in [0.4, 0.5) is 5.69 Å². The molecule has 1 amide bonds. The maximum Gasteiger partial charge on any atom is 0.274 e. The predicted molar refractivity (Wildman–Crippen MR) is 102 cm³/mol. The molecular weight excluding hydrogens is 342 g/mol. The van der Waals surface area contributed by atoms with Crippen LogP contribution in [-0.4, -0.2) is 20.4 Å². The number of hydrogen-bond donors (Lipinski definition) is 2. The van der Waals surface area contributed by atoms with Crippen molar-refractivity contribution in [2.45, 2.75) is 38.6 Å². The maximum atomic E-state index is 12.5. The maximum absolute atomic E-state index is 12.5. The lowest BCUT2D eigenvalue weighted by atomic mass is 10.1. The van der Waals surface area contributed by atoms with E-state index in [0.29, 0.717) is 23.1 Å². The third-order valence-corrected chi connectivity index (χ3v) is 5.02. The number of nitrogens with zero attached hydrogens (tertiary/aromatic N) is 3. The summed E-state index contributed by atoms with van der Waals surface area (Å²) in [6.45, 7) is 1.63. The second-order valence-electron chi connectivity index (χ2n) is 6.90. The summed E-state index contributed by atoms with van der Waals surface area (Å²) in [5.41, 5.74) is 1.89. The van der Waals surface area contributed by atoms with E-state index in [-0.39, 0.29) is 11.3 Å². The summed E-state index contributed by atoms with van der Waals surface area (Å²) in [6.07, 6.45) is 6.49. The van der Waals surface area contributed by atoms with Crippen molar-refractivity contribution in [2.75, 3.05) is 5.32 Å². The van der Waals surface area contributed by atoms with E-state index < -0.39 is 5.91 Å². The Hall–Kier alpha value is -3.40. The molecule has 27 heavy (non-hydrogen) atoms. The molecule has 1 saturated carbocycles. The number of carbonyl (C=O) groups excluding carboxylic acids is 1. The second-order valence-corrected chi connectivity index (χ2v) is 6.90. The molecule has 1 fully saturated rings. The van der Waals surface area contributed by atoms with E-state index >= 15 is 0 Å². The monoisotopic (exact) mass is 361 g/mol. The van der Waals surface area contributed by atoms with Gasteiger partial charge in [0.1, 0.15) is 17.6 Å². The highest BCUT2D eigenvalue weighted by atomic mass is 16.2. The van der Waals surface area contributed by atoms with E-state index in [0.717, 1.165) is 23.7 Å². The van der Waals surface area contributed by atoms with Crippen LogP contribution in [-0.2, 0) is 0 Å². The van der Waals surface area contributed by atoms with E-state index in [9.17, 15) is 14.9 Å². The molecule has 2 aromatic heterocycles. The summed E-state index contributed by atoms with van der Waals surface area (Å²) in [4.78, 5) is 30.6. The topological polar surface area (TPSA) is 104 Å². The summed E-state index contributed by atoms with van der Waals surface area (Å²) in [6, 6.07) is 9.32. The molecular formula is C20H19N5O2. The van der Waals surface area contributed by atoms with Crippen molar-refractivity contribution in [1.29, 1.82) is 5.26 Å². The molecule has 0 saturated heterocycles. The first kappa shape index (κ1) is 17.0. The van der Waals surface area contributed by atoms with Crippen LogP contribution in [0, 0.1) is 18.3 Å². The lowest BCUT2D eigenvalue weighted by molar-refractivity contribution is 0.102.